The summed E-state index contributed by atoms with van der Waals surface area (Å²) in [5, 5.41) is 2.95. The summed E-state index contributed by atoms with van der Waals surface area (Å²) in [5.74, 6) is 0. The molecule has 3 N–H and O–H groups in total. The molecule has 0 aliphatic carbocycles. The Labute approximate surface area is 137 Å². The second-order valence-corrected chi connectivity index (χ2v) is 8.81. The lowest BCUT2D eigenvalue weighted by Gasteiger charge is -2.28. The van der Waals surface area contributed by atoms with Crippen LogP contribution in [-0.4, -0.2) is 58.9 Å². The molecule has 0 bridgehead atoms. The lowest BCUT2D eigenvalue weighted by atomic mass is 10.3. The predicted octanol–water partition coefficient (Wildman–Crippen LogP) is 2.29. The zero-order valence-electron chi connectivity index (χ0n) is 14.8. The number of amides is 2. The molecule has 0 unspecified atom stereocenters. The summed E-state index contributed by atoms with van der Waals surface area (Å²) in [5.41, 5.74) is 5.61. The van der Waals surface area contributed by atoms with Crippen LogP contribution in [0, 0.1) is 0 Å². The number of hydrogen-bond acceptors (Lipinski definition) is 4. The summed E-state index contributed by atoms with van der Waals surface area (Å²) in [6, 6.07) is 0.868. The third kappa shape index (κ3) is 9.40. The van der Waals surface area contributed by atoms with Crippen LogP contribution in [0.1, 0.15) is 40.0 Å². The lowest BCUT2D eigenvalue weighted by Crippen LogP contribution is -2.44. The first-order valence-electron chi connectivity index (χ1n) is 8.53. The molecule has 0 aliphatic rings. The van der Waals surface area contributed by atoms with Gasteiger partial charge in [0.1, 0.15) is 0 Å². The van der Waals surface area contributed by atoms with E-state index in [0.29, 0.717) is 32.8 Å². The molecule has 0 atom stereocenters. The van der Waals surface area contributed by atoms with Crippen molar-refractivity contribution in [2.75, 3.05) is 39.4 Å². The standard InChI is InChI=1S/C15H35N3O3Si/c1-5-8-11-17-15(19)18(13-10-16)12-9-14-22(4,20-6-2)21-7-3/h5-14,16H2,1-4H3,(H,17,19). The Balaban J connectivity index is 4.29. The first-order valence-corrected chi connectivity index (χ1v) is 11.1. The van der Waals surface area contributed by atoms with Crippen molar-refractivity contribution in [3.05, 3.63) is 0 Å². The average molecular weight is 334 g/mol. The largest absolute Gasteiger partial charge is 0.395 e. The molecule has 7 heteroatoms. The van der Waals surface area contributed by atoms with Crippen molar-refractivity contribution in [1.82, 2.24) is 10.2 Å². The van der Waals surface area contributed by atoms with Crippen LogP contribution >= 0.6 is 0 Å². The van der Waals surface area contributed by atoms with Gasteiger partial charge in [0.25, 0.3) is 0 Å². The number of nitrogens with zero attached hydrogens (tertiary/aromatic N) is 1. The fraction of sp³-hybridized carbons (Fsp3) is 0.933. The summed E-state index contributed by atoms with van der Waals surface area (Å²) in [6.45, 7) is 12.0. The molecule has 0 saturated heterocycles. The maximum atomic E-state index is 12.1. The van der Waals surface area contributed by atoms with E-state index in [1.54, 1.807) is 4.90 Å². The van der Waals surface area contributed by atoms with E-state index in [4.69, 9.17) is 14.6 Å². The number of urea groups is 1. The van der Waals surface area contributed by atoms with E-state index in [9.17, 15) is 4.79 Å². The van der Waals surface area contributed by atoms with Crippen LogP contribution in [-0.2, 0) is 8.85 Å². The molecule has 0 aromatic heterocycles. The van der Waals surface area contributed by atoms with Crippen molar-refractivity contribution < 1.29 is 13.6 Å². The number of hydrogen-bond donors (Lipinski definition) is 2. The fourth-order valence-corrected chi connectivity index (χ4v) is 4.74. The predicted molar refractivity (Wildman–Crippen MR) is 93.2 cm³/mol. The molecule has 0 rings (SSSR count). The number of carbonyl (C=O) groups is 1. The Morgan fingerprint density at radius 2 is 1.77 bits per heavy atom. The molecule has 0 aliphatic heterocycles. The van der Waals surface area contributed by atoms with E-state index >= 15 is 0 Å². The van der Waals surface area contributed by atoms with Crippen LogP contribution in [0.15, 0.2) is 0 Å². The first kappa shape index (κ1) is 21.4. The molecule has 0 saturated carbocycles. The molecular weight excluding hydrogens is 298 g/mol. The third-order valence-electron chi connectivity index (χ3n) is 3.45. The van der Waals surface area contributed by atoms with Crippen LogP contribution in [0.3, 0.4) is 0 Å². The highest BCUT2D eigenvalue weighted by molar-refractivity contribution is 6.66. The SMILES string of the molecule is CCCCNC(=O)N(CCN)CCC[Si](C)(OCC)OCC. The summed E-state index contributed by atoms with van der Waals surface area (Å²) in [6.07, 6.45) is 2.95. The molecule has 132 valence electrons. The fourth-order valence-electron chi connectivity index (χ4n) is 2.34. The van der Waals surface area contributed by atoms with Gasteiger partial charge in [0.2, 0.25) is 0 Å². The minimum absolute atomic E-state index is 0.0184. The monoisotopic (exact) mass is 333 g/mol. The summed E-state index contributed by atoms with van der Waals surface area (Å²) in [4.78, 5) is 13.9. The Morgan fingerprint density at radius 3 is 2.27 bits per heavy atom. The molecule has 0 aromatic carbocycles. The van der Waals surface area contributed by atoms with E-state index in [1.807, 2.05) is 13.8 Å². The van der Waals surface area contributed by atoms with Crippen LogP contribution in [0.5, 0.6) is 0 Å². The van der Waals surface area contributed by atoms with Gasteiger partial charge in [0.15, 0.2) is 0 Å². The molecule has 0 aromatic rings. The molecule has 0 spiro atoms. The topological polar surface area (TPSA) is 76.8 Å². The van der Waals surface area contributed by atoms with E-state index in [0.717, 1.165) is 31.9 Å². The molecule has 22 heavy (non-hydrogen) atoms. The smallest absolute Gasteiger partial charge is 0.334 e. The highest BCUT2D eigenvalue weighted by Gasteiger charge is 2.30. The maximum absolute atomic E-state index is 12.1. The van der Waals surface area contributed by atoms with E-state index in [2.05, 4.69) is 18.8 Å². The van der Waals surface area contributed by atoms with Crippen molar-refractivity contribution in [2.24, 2.45) is 5.73 Å². The molecule has 0 fully saturated rings. The normalized spacial score (nSPS) is 11.5. The summed E-state index contributed by atoms with van der Waals surface area (Å²) >= 11 is 0. The molecular formula is C15H35N3O3Si. The Morgan fingerprint density at radius 1 is 1.14 bits per heavy atom. The van der Waals surface area contributed by atoms with Crippen LogP contribution in [0.4, 0.5) is 4.79 Å². The number of nitrogens with two attached hydrogens (primary N) is 1. The summed E-state index contributed by atoms with van der Waals surface area (Å²) < 4.78 is 11.6. The maximum Gasteiger partial charge on any atom is 0.334 e. The van der Waals surface area contributed by atoms with Gasteiger partial charge in [-0.25, -0.2) is 4.79 Å². The van der Waals surface area contributed by atoms with Crippen LogP contribution in [0.2, 0.25) is 12.6 Å². The highest BCUT2D eigenvalue weighted by Crippen LogP contribution is 2.16. The Hall–Kier alpha value is -0.633. The second kappa shape index (κ2) is 12.9. The summed E-state index contributed by atoms with van der Waals surface area (Å²) in [7, 11) is -2.09. The van der Waals surface area contributed by atoms with Crippen molar-refractivity contribution in [3.8, 4) is 0 Å². The third-order valence-corrected chi connectivity index (χ3v) is 6.51. The van der Waals surface area contributed by atoms with Gasteiger partial charge in [0.05, 0.1) is 0 Å². The van der Waals surface area contributed by atoms with Gasteiger partial charge in [-0.05, 0) is 39.3 Å². The van der Waals surface area contributed by atoms with Crippen molar-refractivity contribution >= 4 is 14.6 Å². The molecule has 0 heterocycles. The van der Waals surface area contributed by atoms with Gasteiger partial charge in [0, 0.05) is 39.4 Å². The molecule has 6 nitrogen and oxygen atoms in total. The average Bonchev–Trinajstić information content (AvgIpc) is 2.47. The van der Waals surface area contributed by atoms with E-state index in [-0.39, 0.29) is 6.03 Å². The first-order chi connectivity index (χ1) is 10.5. The second-order valence-electron chi connectivity index (χ2n) is 5.46. The van der Waals surface area contributed by atoms with E-state index in [1.165, 1.54) is 0 Å². The quantitative estimate of drug-likeness (QED) is 0.400. The van der Waals surface area contributed by atoms with Crippen LogP contribution in [0.25, 0.3) is 0 Å². The van der Waals surface area contributed by atoms with Crippen LogP contribution < -0.4 is 11.1 Å². The molecule has 2 amide bonds. The number of unbranched alkanes of at least 4 members (excludes halogenated alkanes) is 1. The Kier molecular flexibility index (Phi) is 12.5. The lowest BCUT2D eigenvalue weighted by molar-refractivity contribution is 0.182. The number of nitrogens with one attached hydrogen (secondary N) is 1. The number of rotatable bonds is 13. The van der Waals surface area contributed by atoms with Gasteiger partial charge in [-0.15, -0.1) is 0 Å². The minimum Gasteiger partial charge on any atom is -0.395 e. The molecule has 0 radical (unpaired) electrons. The van der Waals surface area contributed by atoms with Gasteiger partial charge < -0.3 is 24.8 Å². The Bertz CT molecular complexity index is 287. The zero-order chi connectivity index (χ0) is 16.8. The van der Waals surface area contributed by atoms with E-state index < -0.39 is 8.56 Å². The van der Waals surface area contributed by atoms with Crippen molar-refractivity contribution in [3.63, 3.8) is 0 Å². The minimum atomic E-state index is -2.09. The van der Waals surface area contributed by atoms with Gasteiger partial charge >= 0.3 is 14.6 Å². The van der Waals surface area contributed by atoms with Crippen molar-refractivity contribution in [1.29, 1.82) is 0 Å². The van der Waals surface area contributed by atoms with Gasteiger partial charge in [-0.2, -0.15) is 0 Å². The number of carbonyl (C=O) groups excluding carboxylic acids is 1. The van der Waals surface area contributed by atoms with Crippen molar-refractivity contribution in [2.45, 2.75) is 52.6 Å². The zero-order valence-corrected chi connectivity index (χ0v) is 15.8. The van der Waals surface area contributed by atoms with Gasteiger partial charge in [-0.1, -0.05) is 13.3 Å². The highest BCUT2D eigenvalue weighted by atomic mass is 28.4. The van der Waals surface area contributed by atoms with Gasteiger partial charge in [-0.3, -0.25) is 0 Å².